The molecule has 0 amide bonds. The highest BCUT2D eigenvalue weighted by molar-refractivity contribution is 9.11. The third kappa shape index (κ3) is 9.33. The summed E-state index contributed by atoms with van der Waals surface area (Å²) in [5.74, 6) is 0.250. The van der Waals surface area contributed by atoms with E-state index in [0.717, 1.165) is 17.3 Å². The zero-order valence-corrected chi connectivity index (χ0v) is 15.4. The molecule has 0 saturated carbocycles. The van der Waals surface area contributed by atoms with Gasteiger partial charge in [-0.25, -0.2) is 0 Å². The molecule has 0 bridgehead atoms. The van der Waals surface area contributed by atoms with Gasteiger partial charge in [-0.05, 0) is 41.6 Å². The van der Waals surface area contributed by atoms with Crippen molar-refractivity contribution in [2.75, 3.05) is 6.61 Å². The molecule has 4 heteroatoms. The third-order valence-corrected chi connectivity index (χ3v) is 4.37. The Balaban J connectivity index is 4.58. The van der Waals surface area contributed by atoms with Crippen molar-refractivity contribution in [3.63, 3.8) is 0 Å². The van der Waals surface area contributed by atoms with Gasteiger partial charge in [0.25, 0.3) is 0 Å². The number of nitrogens with one attached hydrogen (secondary N) is 1. The van der Waals surface area contributed by atoms with Crippen molar-refractivity contribution in [2.24, 2.45) is 11.7 Å². The fraction of sp³-hybridized carbons (Fsp3) is 0.765. The molecule has 21 heavy (non-hydrogen) atoms. The summed E-state index contributed by atoms with van der Waals surface area (Å²) >= 11 is 3.36. The molecule has 0 saturated heterocycles. The lowest BCUT2D eigenvalue weighted by molar-refractivity contribution is 0.177. The lowest BCUT2D eigenvalue weighted by Gasteiger charge is -2.30. The summed E-state index contributed by atoms with van der Waals surface area (Å²) < 4.78 is 0.870. The van der Waals surface area contributed by atoms with Gasteiger partial charge in [-0.2, -0.15) is 0 Å². The molecule has 3 nitrogen and oxygen atoms in total. The Morgan fingerprint density at radius 2 is 1.86 bits per heavy atom. The van der Waals surface area contributed by atoms with Crippen LogP contribution in [0, 0.1) is 5.92 Å². The molecule has 0 heterocycles. The van der Waals surface area contributed by atoms with E-state index < -0.39 is 0 Å². The first-order valence-corrected chi connectivity index (χ1v) is 9.02. The number of hydrogen-bond donors (Lipinski definition) is 3. The molecule has 0 aromatic heterocycles. The maximum absolute atomic E-state index is 9.70. The van der Waals surface area contributed by atoms with E-state index in [-0.39, 0.29) is 12.5 Å². The van der Waals surface area contributed by atoms with Gasteiger partial charge in [0.2, 0.25) is 0 Å². The molecular weight excluding hydrogens is 328 g/mol. The van der Waals surface area contributed by atoms with Crippen LogP contribution in [0.1, 0.15) is 59.3 Å². The molecule has 0 radical (unpaired) electrons. The van der Waals surface area contributed by atoms with Gasteiger partial charge in [-0.1, -0.05) is 45.8 Å². The summed E-state index contributed by atoms with van der Waals surface area (Å²) in [7, 11) is 0. The summed E-state index contributed by atoms with van der Waals surface area (Å²) in [6.07, 6.45) is 12.3. The van der Waals surface area contributed by atoms with Crippen molar-refractivity contribution in [1.82, 2.24) is 5.32 Å². The van der Waals surface area contributed by atoms with Gasteiger partial charge in [0.15, 0.2) is 0 Å². The normalized spacial score (nSPS) is 15.8. The van der Waals surface area contributed by atoms with Crippen molar-refractivity contribution in [3.8, 4) is 0 Å². The van der Waals surface area contributed by atoms with E-state index in [1.807, 2.05) is 6.08 Å². The first kappa shape index (κ1) is 20.7. The van der Waals surface area contributed by atoms with Gasteiger partial charge < -0.3 is 16.2 Å². The minimum Gasteiger partial charge on any atom is -0.404 e. The minimum atomic E-state index is 0.213. The number of halogens is 1. The lowest BCUT2D eigenvalue weighted by Crippen LogP contribution is -2.43. The zero-order chi connectivity index (χ0) is 16.1. The molecule has 4 N–H and O–H groups in total. The van der Waals surface area contributed by atoms with Gasteiger partial charge in [0, 0.05) is 35.3 Å². The first-order chi connectivity index (χ1) is 10.1. The van der Waals surface area contributed by atoms with Crippen molar-refractivity contribution in [1.29, 1.82) is 0 Å². The maximum Gasteiger partial charge on any atom is 0.0477 e. The average molecular weight is 361 g/mol. The Morgan fingerprint density at radius 3 is 2.29 bits per heavy atom. The topological polar surface area (TPSA) is 58.3 Å². The van der Waals surface area contributed by atoms with E-state index in [4.69, 9.17) is 5.73 Å². The molecule has 0 spiro atoms. The molecule has 2 atom stereocenters. The third-order valence-electron chi connectivity index (χ3n) is 3.84. The van der Waals surface area contributed by atoms with Gasteiger partial charge in [-0.3, -0.25) is 0 Å². The molecule has 0 aliphatic carbocycles. The monoisotopic (exact) mass is 360 g/mol. The van der Waals surface area contributed by atoms with Crippen LogP contribution >= 0.6 is 15.9 Å². The summed E-state index contributed by atoms with van der Waals surface area (Å²) in [4.78, 5) is 0. The van der Waals surface area contributed by atoms with Crippen molar-refractivity contribution < 1.29 is 5.11 Å². The molecule has 2 unspecified atom stereocenters. The van der Waals surface area contributed by atoms with Gasteiger partial charge in [0.05, 0.1) is 0 Å². The van der Waals surface area contributed by atoms with Crippen LogP contribution < -0.4 is 11.1 Å². The van der Waals surface area contributed by atoms with Crippen molar-refractivity contribution in [3.05, 3.63) is 22.8 Å². The Kier molecular flexibility index (Phi) is 13.1. The van der Waals surface area contributed by atoms with Crippen LogP contribution in [0.15, 0.2) is 22.8 Å². The zero-order valence-electron chi connectivity index (χ0n) is 13.8. The molecule has 0 aromatic carbocycles. The second-order valence-electron chi connectivity index (χ2n) is 5.59. The van der Waals surface area contributed by atoms with Gasteiger partial charge >= 0.3 is 0 Å². The quantitative estimate of drug-likeness (QED) is 0.459. The molecule has 0 aliphatic rings. The number of nitrogens with two attached hydrogens (primary N) is 1. The fourth-order valence-electron chi connectivity index (χ4n) is 2.67. The second-order valence-corrected chi connectivity index (χ2v) is 6.50. The fourth-order valence-corrected chi connectivity index (χ4v) is 2.86. The summed E-state index contributed by atoms with van der Waals surface area (Å²) in [6, 6.07) is 0.932. The van der Waals surface area contributed by atoms with E-state index in [9.17, 15) is 5.11 Å². The number of allylic oxidation sites excluding steroid dienone is 3. The highest BCUT2D eigenvalue weighted by atomic mass is 79.9. The molecule has 0 aromatic rings. The standard InChI is InChI=1S/C17H33BrN2O/c1-4-8-16(9-5-2)20-17(6-3)14(13-21)10-7-11-15(18)12-19/h7,11-12,14,16-17,20-21H,4-6,8-10,13,19H2,1-3H3/b11-7-,15-12+. The SMILES string of the molecule is CCCC(CCC)NC(CC)C(CO)C/C=C\C(Br)=C/N. The van der Waals surface area contributed by atoms with Crippen LogP contribution in [0.2, 0.25) is 0 Å². The highest BCUT2D eigenvalue weighted by Gasteiger charge is 2.20. The summed E-state index contributed by atoms with van der Waals surface area (Å²) in [5, 5.41) is 13.5. The highest BCUT2D eigenvalue weighted by Crippen LogP contribution is 2.17. The van der Waals surface area contributed by atoms with Gasteiger partial charge in [0.1, 0.15) is 0 Å². The largest absolute Gasteiger partial charge is 0.404 e. The van der Waals surface area contributed by atoms with Crippen molar-refractivity contribution >= 4 is 15.9 Å². The van der Waals surface area contributed by atoms with E-state index >= 15 is 0 Å². The summed E-state index contributed by atoms with van der Waals surface area (Å²) in [5.41, 5.74) is 5.42. The molecule has 124 valence electrons. The van der Waals surface area contributed by atoms with Crippen LogP contribution in [-0.4, -0.2) is 23.8 Å². The predicted octanol–water partition coefficient (Wildman–Crippen LogP) is 4.07. The van der Waals surface area contributed by atoms with E-state index in [0.29, 0.717) is 12.1 Å². The molecule has 0 fully saturated rings. The van der Waals surface area contributed by atoms with Crippen LogP contribution in [0.3, 0.4) is 0 Å². The molecule has 0 aliphatic heterocycles. The van der Waals surface area contributed by atoms with Crippen LogP contribution in [0.5, 0.6) is 0 Å². The van der Waals surface area contributed by atoms with Crippen LogP contribution in [-0.2, 0) is 0 Å². The maximum atomic E-state index is 9.70. The Hall–Kier alpha value is -0.320. The van der Waals surface area contributed by atoms with Crippen LogP contribution in [0.25, 0.3) is 0 Å². The number of hydrogen-bond acceptors (Lipinski definition) is 3. The lowest BCUT2D eigenvalue weighted by atomic mass is 9.92. The smallest absolute Gasteiger partial charge is 0.0477 e. The Labute approximate surface area is 139 Å². The van der Waals surface area contributed by atoms with E-state index in [2.05, 4.69) is 48.1 Å². The molecule has 0 rings (SSSR count). The first-order valence-electron chi connectivity index (χ1n) is 8.23. The number of rotatable bonds is 12. The Morgan fingerprint density at radius 1 is 1.24 bits per heavy atom. The summed E-state index contributed by atoms with van der Waals surface area (Å²) in [6.45, 7) is 6.86. The van der Waals surface area contributed by atoms with Crippen molar-refractivity contribution in [2.45, 2.75) is 71.4 Å². The van der Waals surface area contributed by atoms with E-state index in [1.54, 1.807) is 0 Å². The molecular formula is C17H33BrN2O. The van der Waals surface area contributed by atoms with Crippen LogP contribution in [0.4, 0.5) is 0 Å². The van der Waals surface area contributed by atoms with Gasteiger partial charge in [-0.15, -0.1) is 0 Å². The number of aliphatic hydroxyl groups is 1. The second kappa shape index (κ2) is 13.4. The average Bonchev–Trinajstić information content (AvgIpc) is 2.49. The van der Waals surface area contributed by atoms with E-state index in [1.165, 1.54) is 31.9 Å². The number of aliphatic hydroxyl groups excluding tert-OH is 1. The minimum absolute atomic E-state index is 0.213. The Bertz CT molecular complexity index is 299. The predicted molar refractivity (Wildman–Crippen MR) is 96.3 cm³/mol.